The summed E-state index contributed by atoms with van der Waals surface area (Å²) in [6, 6.07) is 5.79. The molecule has 188 valence electrons. The molecule has 1 aliphatic heterocycles. The summed E-state index contributed by atoms with van der Waals surface area (Å²) in [6.07, 6.45) is 3.68. The Balaban J connectivity index is 1.59. The summed E-state index contributed by atoms with van der Waals surface area (Å²) in [4.78, 5) is 26.7. The second kappa shape index (κ2) is 12.0. The van der Waals surface area contributed by atoms with E-state index < -0.39 is 35.6 Å². The molecule has 2 fully saturated rings. The highest BCUT2D eigenvalue weighted by atomic mass is 19.1. The number of rotatable bonds is 4. The highest BCUT2D eigenvalue weighted by Gasteiger charge is 2.31. The Kier molecular flexibility index (Phi) is 9.12. The average Bonchev–Trinajstić information content (AvgIpc) is 3.19. The summed E-state index contributed by atoms with van der Waals surface area (Å²) in [7, 11) is 0. The smallest absolute Gasteiger partial charge is 0.410 e. The number of hydrogen-bond acceptors (Lipinski definition) is 5. The Morgan fingerprint density at radius 2 is 2.03 bits per heavy atom. The standard InChI is InChI=1S/C27H34FN3O4/c1-27(2,3)35-26(33)31-13-6-14-34-24(18-31)25(32)30-22(17-29)16-21-12-11-20(15-23(21)28)10-9-19-7-4-5-8-19/h11-12,15,19,22,24H,4-8,13-14,16,18H2,1-3H3,(H,30,32)/t22-,24-/m0/s1. The third-order valence-corrected chi connectivity index (χ3v) is 5.95. The summed E-state index contributed by atoms with van der Waals surface area (Å²) >= 11 is 0. The molecule has 0 spiro atoms. The molecule has 2 aliphatic rings. The van der Waals surface area contributed by atoms with Gasteiger partial charge in [-0.3, -0.25) is 4.79 Å². The lowest BCUT2D eigenvalue weighted by atomic mass is 10.0. The molecule has 1 N–H and O–H groups in total. The van der Waals surface area contributed by atoms with Gasteiger partial charge in [-0.25, -0.2) is 9.18 Å². The zero-order chi connectivity index (χ0) is 25.4. The Bertz CT molecular complexity index is 1010. The fraction of sp³-hybridized carbons (Fsp3) is 0.593. The van der Waals surface area contributed by atoms with Gasteiger partial charge in [-0.05, 0) is 57.7 Å². The quantitative estimate of drug-likeness (QED) is 0.655. The number of carbonyl (C=O) groups is 2. The van der Waals surface area contributed by atoms with Crippen LogP contribution < -0.4 is 5.32 Å². The van der Waals surface area contributed by atoms with E-state index in [4.69, 9.17) is 9.47 Å². The van der Waals surface area contributed by atoms with E-state index in [2.05, 4.69) is 17.2 Å². The van der Waals surface area contributed by atoms with Crippen molar-refractivity contribution in [2.24, 2.45) is 5.92 Å². The number of nitrogens with one attached hydrogen (secondary N) is 1. The maximum Gasteiger partial charge on any atom is 0.410 e. The van der Waals surface area contributed by atoms with Crippen molar-refractivity contribution < 1.29 is 23.5 Å². The fourth-order valence-corrected chi connectivity index (χ4v) is 4.14. The van der Waals surface area contributed by atoms with Gasteiger partial charge in [0.25, 0.3) is 5.91 Å². The maximum atomic E-state index is 14.7. The molecule has 1 aromatic carbocycles. The maximum absolute atomic E-state index is 14.7. The van der Waals surface area contributed by atoms with Crippen molar-refractivity contribution in [2.45, 2.75) is 77.0 Å². The van der Waals surface area contributed by atoms with Crippen molar-refractivity contribution in [1.29, 1.82) is 5.26 Å². The minimum absolute atomic E-state index is 0.00685. The van der Waals surface area contributed by atoms with Crippen LogP contribution in [0, 0.1) is 34.9 Å². The van der Waals surface area contributed by atoms with Crippen LogP contribution in [0.1, 0.15) is 64.0 Å². The lowest BCUT2D eigenvalue weighted by Gasteiger charge is -2.27. The molecule has 1 saturated heterocycles. The molecule has 8 heteroatoms. The van der Waals surface area contributed by atoms with E-state index >= 15 is 0 Å². The molecule has 1 aromatic rings. The van der Waals surface area contributed by atoms with Gasteiger partial charge in [0.05, 0.1) is 12.6 Å². The normalized spacial score (nSPS) is 19.6. The molecule has 3 rings (SSSR count). The molecule has 2 atom stereocenters. The van der Waals surface area contributed by atoms with Crippen LogP contribution >= 0.6 is 0 Å². The number of nitrogens with zero attached hydrogens (tertiary/aromatic N) is 2. The van der Waals surface area contributed by atoms with E-state index in [0.29, 0.717) is 36.6 Å². The molecule has 1 saturated carbocycles. The Hall–Kier alpha value is -3.10. The van der Waals surface area contributed by atoms with Gasteiger partial charge in [-0.2, -0.15) is 5.26 Å². The summed E-state index contributed by atoms with van der Waals surface area (Å²) in [5.41, 5.74) is 0.264. The molecule has 0 bridgehead atoms. The van der Waals surface area contributed by atoms with Crippen LogP contribution in [-0.2, 0) is 20.7 Å². The van der Waals surface area contributed by atoms with Gasteiger partial charge in [0.2, 0.25) is 0 Å². The average molecular weight is 484 g/mol. The second-order valence-corrected chi connectivity index (χ2v) is 10.1. The van der Waals surface area contributed by atoms with Crippen molar-refractivity contribution in [3.63, 3.8) is 0 Å². The van der Waals surface area contributed by atoms with Gasteiger partial charge in [0, 0.05) is 31.1 Å². The third kappa shape index (κ3) is 8.26. The van der Waals surface area contributed by atoms with Crippen molar-refractivity contribution in [3.05, 3.63) is 35.1 Å². The zero-order valence-electron chi connectivity index (χ0n) is 20.7. The SMILES string of the molecule is CC(C)(C)OC(=O)N1CCCO[C@H](C(=O)N[C@H](C#N)Cc2ccc(C#CC3CCCC3)cc2F)C1. The summed E-state index contributed by atoms with van der Waals surface area (Å²) < 4.78 is 25.7. The molecule has 1 heterocycles. The van der Waals surface area contributed by atoms with Gasteiger partial charge in [0.1, 0.15) is 17.5 Å². The van der Waals surface area contributed by atoms with E-state index in [1.165, 1.54) is 23.8 Å². The number of carbonyl (C=O) groups excluding carboxylic acids is 2. The summed E-state index contributed by atoms with van der Waals surface area (Å²) in [5.74, 6) is 5.66. The third-order valence-electron chi connectivity index (χ3n) is 5.95. The van der Waals surface area contributed by atoms with Gasteiger partial charge >= 0.3 is 6.09 Å². The summed E-state index contributed by atoms with van der Waals surface area (Å²) in [6.45, 7) is 6.04. The fourth-order valence-electron chi connectivity index (χ4n) is 4.14. The van der Waals surface area contributed by atoms with E-state index in [1.807, 2.05) is 6.07 Å². The topological polar surface area (TPSA) is 91.7 Å². The highest BCUT2D eigenvalue weighted by molar-refractivity contribution is 5.82. The van der Waals surface area contributed by atoms with Crippen LogP contribution in [0.2, 0.25) is 0 Å². The molecule has 7 nitrogen and oxygen atoms in total. The van der Waals surface area contributed by atoms with E-state index in [1.54, 1.807) is 32.9 Å². The minimum atomic E-state index is -0.950. The number of amides is 2. The van der Waals surface area contributed by atoms with Crippen LogP contribution in [0.25, 0.3) is 0 Å². The van der Waals surface area contributed by atoms with Crippen LogP contribution in [0.4, 0.5) is 9.18 Å². The van der Waals surface area contributed by atoms with Crippen LogP contribution in [-0.4, -0.2) is 54.3 Å². The molecule has 2 amide bonds. The largest absolute Gasteiger partial charge is 0.444 e. The number of nitriles is 1. The second-order valence-electron chi connectivity index (χ2n) is 10.1. The van der Waals surface area contributed by atoms with Crippen molar-refractivity contribution in [2.75, 3.05) is 19.7 Å². The van der Waals surface area contributed by atoms with E-state index in [-0.39, 0.29) is 13.0 Å². The monoisotopic (exact) mass is 483 g/mol. The lowest BCUT2D eigenvalue weighted by molar-refractivity contribution is -0.133. The number of ether oxygens (including phenoxy) is 2. The molecule has 0 aromatic heterocycles. The first-order chi connectivity index (χ1) is 16.6. The first-order valence-corrected chi connectivity index (χ1v) is 12.2. The Morgan fingerprint density at radius 1 is 1.29 bits per heavy atom. The molecule has 0 radical (unpaired) electrons. The summed E-state index contributed by atoms with van der Waals surface area (Å²) in [5, 5.41) is 12.2. The van der Waals surface area contributed by atoms with Gasteiger partial charge in [-0.15, -0.1) is 0 Å². The molecule has 35 heavy (non-hydrogen) atoms. The first-order valence-electron chi connectivity index (χ1n) is 12.2. The predicted molar refractivity (Wildman–Crippen MR) is 129 cm³/mol. The Labute approximate surface area is 207 Å². The predicted octanol–water partition coefficient (Wildman–Crippen LogP) is 3.94. The van der Waals surface area contributed by atoms with Gasteiger partial charge in [0.15, 0.2) is 6.10 Å². The van der Waals surface area contributed by atoms with Crippen LogP contribution in [0.3, 0.4) is 0 Å². The van der Waals surface area contributed by atoms with Crippen molar-refractivity contribution >= 4 is 12.0 Å². The van der Waals surface area contributed by atoms with Gasteiger partial charge in [-0.1, -0.05) is 30.7 Å². The van der Waals surface area contributed by atoms with Gasteiger partial charge < -0.3 is 19.7 Å². The number of hydrogen-bond donors (Lipinski definition) is 1. The highest BCUT2D eigenvalue weighted by Crippen LogP contribution is 2.24. The zero-order valence-corrected chi connectivity index (χ0v) is 20.7. The molecular formula is C27H34FN3O4. The minimum Gasteiger partial charge on any atom is -0.444 e. The van der Waals surface area contributed by atoms with Crippen molar-refractivity contribution in [3.8, 4) is 17.9 Å². The Morgan fingerprint density at radius 3 is 2.69 bits per heavy atom. The van der Waals surface area contributed by atoms with E-state index in [9.17, 15) is 19.2 Å². The molecule has 1 aliphatic carbocycles. The molecular weight excluding hydrogens is 449 g/mol. The number of halogens is 1. The molecule has 0 unspecified atom stereocenters. The number of benzene rings is 1. The van der Waals surface area contributed by atoms with Crippen LogP contribution in [0.15, 0.2) is 18.2 Å². The van der Waals surface area contributed by atoms with Crippen LogP contribution in [0.5, 0.6) is 0 Å². The van der Waals surface area contributed by atoms with E-state index in [0.717, 1.165) is 12.8 Å². The van der Waals surface area contributed by atoms with Crippen molar-refractivity contribution in [1.82, 2.24) is 10.2 Å². The first kappa shape index (κ1) is 26.5. The lowest BCUT2D eigenvalue weighted by Crippen LogP contribution is -2.48.